The predicted molar refractivity (Wildman–Crippen MR) is 52.9 cm³/mol. The molecule has 0 aliphatic carbocycles. The number of aryl methyl sites for hydroxylation is 1. The van der Waals surface area contributed by atoms with Crippen molar-refractivity contribution in [2.45, 2.75) is 6.92 Å². The van der Waals surface area contributed by atoms with Gasteiger partial charge in [-0.25, -0.2) is 0 Å². The van der Waals surface area contributed by atoms with Crippen molar-refractivity contribution in [2.75, 3.05) is 5.43 Å². The first-order valence-electron chi connectivity index (χ1n) is 3.37. The van der Waals surface area contributed by atoms with E-state index in [9.17, 15) is 10.1 Å². The van der Waals surface area contributed by atoms with Gasteiger partial charge in [0.1, 0.15) is 0 Å². The van der Waals surface area contributed by atoms with E-state index in [-0.39, 0.29) is 18.1 Å². The quantitative estimate of drug-likeness (QED) is 0.435. The number of non-ortho nitro benzene ring substituents is 1. The Kier molecular flexibility index (Phi) is 4.16. The van der Waals surface area contributed by atoms with Gasteiger partial charge in [0, 0.05) is 12.1 Å². The van der Waals surface area contributed by atoms with Crippen molar-refractivity contribution in [1.82, 2.24) is 0 Å². The van der Waals surface area contributed by atoms with Crippen LogP contribution in [0.2, 0.25) is 0 Å². The highest BCUT2D eigenvalue weighted by Gasteiger charge is 2.06. The highest BCUT2D eigenvalue weighted by atomic mass is 35.5. The summed E-state index contributed by atoms with van der Waals surface area (Å²) in [6.07, 6.45) is 0. The molecule has 0 aromatic heterocycles. The summed E-state index contributed by atoms with van der Waals surface area (Å²) in [6.45, 7) is 1.82. The maximum absolute atomic E-state index is 10.3. The van der Waals surface area contributed by atoms with Crippen LogP contribution in [0.3, 0.4) is 0 Å². The number of benzene rings is 1. The molecule has 3 N–H and O–H groups in total. The first kappa shape index (κ1) is 11.7. The van der Waals surface area contributed by atoms with E-state index >= 15 is 0 Å². The van der Waals surface area contributed by atoms with Gasteiger partial charge < -0.3 is 5.43 Å². The fourth-order valence-electron chi connectivity index (χ4n) is 0.879. The van der Waals surface area contributed by atoms with Crippen LogP contribution in [0.1, 0.15) is 5.56 Å². The van der Waals surface area contributed by atoms with E-state index in [0.29, 0.717) is 5.69 Å². The molecule has 0 amide bonds. The third-order valence-electron chi connectivity index (χ3n) is 1.59. The van der Waals surface area contributed by atoms with Crippen LogP contribution < -0.4 is 11.3 Å². The molecule has 0 unspecified atom stereocenters. The SMILES string of the molecule is Cc1ccc([N+](=O)[O-])cc1NN.Cl. The minimum atomic E-state index is -0.458. The molecule has 0 aliphatic rings. The average molecular weight is 204 g/mol. The zero-order valence-electron chi connectivity index (χ0n) is 6.98. The summed E-state index contributed by atoms with van der Waals surface area (Å²) in [4.78, 5) is 9.86. The van der Waals surface area contributed by atoms with Gasteiger partial charge in [-0.05, 0) is 12.5 Å². The Morgan fingerprint density at radius 1 is 1.54 bits per heavy atom. The van der Waals surface area contributed by atoms with E-state index in [2.05, 4.69) is 5.43 Å². The zero-order valence-corrected chi connectivity index (χ0v) is 7.80. The van der Waals surface area contributed by atoms with E-state index in [0.717, 1.165) is 5.56 Å². The second kappa shape index (κ2) is 4.64. The van der Waals surface area contributed by atoms with Crippen LogP contribution in [0, 0.1) is 17.0 Å². The van der Waals surface area contributed by atoms with Crippen LogP contribution in [-0.2, 0) is 0 Å². The molecule has 1 aromatic carbocycles. The normalized spacial score (nSPS) is 8.77. The molecule has 0 atom stereocenters. The van der Waals surface area contributed by atoms with Gasteiger partial charge in [-0.2, -0.15) is 0 Å². The van der Waals surface area contributed by atoms with Gasteiger partial charge in [-0.1, -0.05) is 6.07 Å². The minimum Gasteiger partial charge on any atom is -0.324 e. The topological polar surface area (TPSA) is 81.2 Å². The molecule has 5 nitrogen and oxygen atoms in total. The third kappa shape index (κ3) is 2.57. The Balaban J connectivity index is 0.00000144. The molecule has 72 valence electrons. The largest absolute Gasteiger partial charge is 0.324 e. The number of anilines is 1. The molecule has 0 saturated heterocycles. The summed E-state index contributed by atoms with van der Waals surface area (Å²) in [5.74, 6) is 5.15. The van der Waals surface area contributed by atoms with Crippen molar-refractivity contribution >= 4 is 23.8 Å². The van der Waals surface area contributed by atoms with Crippen molar-refractivity contribution in [2.24, 2.45) is 5.84 Å². The second-order valence-corrected chi connectivity index (χ2v) is 2.40. The Morgan fingerprint density at radius 3 is 2.62 bits per heavy atom. The second-order valence-electron chi connectivity index (χ2n) is 2.40. The Hall–Kier alpha value is -1.33. The molecule has 1 rings (SSSR count). The molecule has 0 saturated carbocycles. The fraction of sp³-hybridized carbons (Fsp3) is 0.143. The lowest BCUT2D eigenvalue weighted by Crippen LogP contribution is -2.08. The maximum Gasteiger partial charge on any atom is 0.271 e. The average Bonchev–Trinajstić information content (AvgIpc) is 2.05. The van der Waals surface area contributed by atoms with E-state index in [1.807, 2.05) is 6.92 Å². The molecule has 0 aliphatic heterocycles. The number of nitrogen functional groups attached to an aromatic ring is 1. The fourth-order valence-corrected chi connectivity index (χ4v) is 0.879. The Bertz CT molecular complexity index is 317. The van der Waals surface area contributed by atoms with Crippen molar-refractivity contribution in [1.29, 1.82) is 0 Å². The molecule has 0 bridgehead atoms. The van der Waals surface area contributed by atoms with Gasteiger partial charge in [0.15, 0.2) is 0 Å². The monoisotopic (exact) mass is 203 g/mol. The van der Waals surface area contributed by atoms with Gasteiger partial charge in [0.25, 0.3) is 5.69 Å². The minimum absolute atomic E-state index is 0. The van der Waals surface area contributed by atoms with E-state index in [4.69, 9.17) is 5.84 Å². The summed E-state index contributed by atoms with van der Waals surface area (Å²) in [5, 5.41) is 10.3. The third-order valence-corrected chi connectivity index (χ3v) is 1.59. The van der Waals surface area contributed by atoms with Crippen molar-refractivity contribution < 1.29 is 4.92 Å². The number of rotatable bonds is 2. The first-order chi connectivity index (χ1) is 5.65. The smallest absolute Gasteiger partial charge is 0.271 e. The first-order valence-corrected chi connectivity index (χ1v) is 3.37. The molecule has 13 heavy (non-hydrogen) atoms. The van der Waals surface area contributed by atoms with Crippen LogP contribution in [0.25, 0.3) is 0 Å². The van der Waals surface area contributed by atoms with Crippen LogP contribution in [-0.4, -0.2) is 4.92 Å². The van der Waals surface area contributed by atoms with Crippen LogP contribution >= 0.6 is 12.4 Å². The number of hydrazine groups is 1. The molecule has 0 heterocycles. The van der Waals surface area contributed by atoms with Gasteiger partial charge in [-0.15, -0.1) is 12.4 Å². The number of nitrogens with zero attached hydrogens (tertiary/aromatic N) is 1. The summed E-state index contributed by atoms with van der Waals surface area (Å²) in [7, 11) is 0. The number of halogens is 1. The molecule has 0 fully saturated rings. The summed E-state index contributed by atoms with van der Waals surface area (Å²) in [6, 6.07) is 4.48. The summed E-state index contributed by atoms with van der Waals surface area (Å²) >= 11 is 0. The summed E-state index contributed by atoms with van der Waals surface area (Å²) < 4.78 is 0. The van der Waals surface area contributed by atoms with Crippen molar-refractivity contribution in [3.05, 3.63) is 33.9 Å². The van der Waals surface area contributed by atoms with E-state index in [1.54, 1.807) is 6.07 Å². The predicted octanol–water partition coefficient (Wildman–Crippen LogP) is 1.61. The number of nitrogens with one attached hydrogen (secondary N) is 1. The number of nitro groups is 1. The lowest BCUT2D eigenvalue weighted by Gasteiger charge is -2.02. The molecule has 1 aromatic rings. The van der Waals surface area contributed by atoms with Crippen LogP contribution in [0.5, 0.6) is 0 Å². The number of nitrogens with two attached hydrogens (primary N) is 1. The van der Waals surface area contributed by atoms with Gasteiger partial charge >= 0.3 is 0 Å². The van der Waals surface area contributed by atoms with Gasteiger partial charge in [0.05, 0.1) is 10.6 Å². The number of hydrogen-bond acceptors (Lipinski definition) is 4. The lowest BCUT2D eigenvalue weighted by atomic mass is 10.2. The molecular weight excluding hydrogens is 194 g/mol. The van der Waals surface area contributed by atoms with Crippen molar-refractivity contribution in [3.63, 3.8) is 0 Å². The van der Waals surface area contributed by atoms with Crippen LogP contribution in [0.4, 0.5) is 11.4 Å². The van der Waals surface area contributed by atoms with E-state index in [1.165, 1.54) is 12.1 Å². The maximum atomic E-state index is 10.3. The standard InChI is InChI=1S/C7H9N3O2.ClH/c1-5-2-3-6(10(11)12)4-7(5)9-8;/h2-4,9H,8H2,1H3;1H. The zero-order chi connectivity index (χ0) is 9.14. The van der Waals surface area contributed by atoms with Crippen LogP contribution in [0.15, 0.2) is 18.2 Å². The highest BCUT2D eigenvalue weighted by molar-refractivity contribution is 5.85. The van der Waals surface area contributed by atoms with Gasteiger partial charge in [-0.3, -0.25) is 16.0 Å². The highest BCUT2D eigenvalue weighted by Crippen LogP contribution is 2.20. The van der Waals surface area contributed by atoms with Crippen molar-refractivity contribution in [3.8, 4) is 0 Å². The molecule has 0 radical (unpaired) electrons. The van der Waals surface area contributed by atoms with E-state index < -0.39 is 4.92 Å². The summed E-state index contributed by atoms with van der Waals surface area (Å²) in [5.41, 5.74) is 3.87. The Morgan fingerprint density at radius 2 is 2.15 bits per heavy atom. The molecule has 6 heteroatoms. The van der Waals surface area contributed by atoms with Gasteiger partial charge in [0.2, 0.25) is 0 Å². The molecule has 0 spiro atoms. The number of nitro benzene ring substituents is 1. The number of hydrogen-bond donors (Lipinski definition) is 2. The lowest BCUT2D eigenvalue weighted by molar-refractivity contribution is -0.384. The molecular formula is C7H10ClN3O2. The Labute approximate surface area is 81.5 Å².